The lowest BCUT2D eigenvalue weighted by Gasteiger charge is -2.38. The number of likely N-dealkylation sites (tertiary alicyclic amines) is 1. The number of urea groups is 1. The van der Waals surface area contributed by atoms with Crippen molar-refractivity contribution < 1.29 is 14.0 Å². The fourth-order valence-corrected chi connectivity index (χ4v) is 5.06. The summed E-state index contributed by atoms with van der Waals surface area (Å²) in [4.78, 5) is 39.0. The van der Waals surface area contributed by atoms with E-state index in [2.05, 4.69) is 15.2 Å². The molecule has 1 aromatic heterocycles. The van der Waals surface area contributed by atoms with Crippen LogP contribution in [0.2, 0.25) is 0 Å². The number of carbonyl (C=O) groups is 2. The van der Waals surface area contributed by atoms with Crippen LogP contribution in [0.3, 0.4) is 0 Å². The van der Waals surface area contributed by atoms with Crippen molar-refractivity contribution in [3.63, 3.8) is 0 Å². The van der Waals surface area contributed by atoms with E-state index < -0.39 is 5.54 Å². The maximum atomic E-state index is 13.3. The van der Waals surface area contributed by atoms with Gasteiger partial charge in [-0.25, -0.2) is 19.2 Å². The van der Waals surface area contributed by atoms with Crippen LogP contribution in [0.1, 0.15) is 36.7 Å². The number of halogens is 1. The molecule has 2 aromatic carbocycles. The van der Waals surface area contributed by atoms with Gasteiger partial charge in [-0.1, -0.05) is 24.3 Å². The molecule has 3 aromatic rings. The van der Waals surface area contributed by atoms with Gasteiger partial charge in [-0.2, -0.15) is 0 Å². The summed E-state index contributed by atoms with van der Waals surface area (Å²) in [7, 11) is 0. The average Bonchev–Trinajstić information content (AvgIpc) is 3.05. The monoisotopic (exact) mass is 461 g/mol. The predicted molar refractivity (Wildman–Crippen MR) is 126 cm³/mol. The van der Waals surface area contributed by atoms with Crippen LogP contribution < -0.4 is 5.32 Å². The molecule has 34 heavy (non-hydrogen) atoms. The summed E-state index contributed by atoms with van der Waals surface area (Å²) in [5.41, 5.74) is 3.49. The van der Waals surface area contributed by atoms with E-state index >= 15 is 0 Å². The topological polar surface area (TPSA) is 78.4 Å². The first kappa shape index (κ1) is 22.4. The van der Waals surface area contributed by atoms with E-state index in [1.54, 1.807) is 12.1 Å². The Morgan fingerprint density at radius 3 is 2.32 bits per heavy atom. The van der Waals surface area contributed by atoms with Crippen molar-refractivity contribution in [2.75, 3.05) is 13.1 Å². The number of fused-ring (bicyclic) bond motifs is 1. The van der Waals surface area contributed by atoms with Crippen molar-refractivity contribution >= 4 is 23.0 Å². The van der Waals surface area contributed by atoms with Crippen LogP contribution in [0, 0.1) is 18.7 Å². The van der Waals surface area contributed by atoms with E-state index in [9.17, 15) is 14.0 Å². The quantitative estimate of drug-likeness (QED) is 0.585. The number of aryl methyl sites for hydroxylation is 1. The SMILES string of the molecule is Cc1nc2ccccc2nc1CN1CCC([C@]2(C)NC(=O)N(Cc3ccc(F)cc3)C2=O)CC1. The molecule has 2 aliphatic heterocycles. The number of nitrogens with one attached hydrogen (secondary N) is 1. The molecule has 7 nitrogen and oxygen atoms in total. The molecule has 3 amide bonds. The van der Waals surface area contributed by atoms with Gasteiger partial charge in [0, 0.05) is 6.54 Å². The summed E-state index contributed by atoms with van der Waals surface area (Å²) < 4.78 is 13.2. The summed E-state index contributed by atoms with van der Waals surface area (Å²) in [6.07, 6.45) is 1.60. The molecular formula is C26H28FN5O2. The molecule has 176 valence electrons. The highest BCUT2D eigenvalue weighted by molar-refractivity contribution is 6.07. The van der Waals surface area contributed by atoms with Crippen molar-refractivity contribution in [3.8, 4) is 0 Å². The minimum atomic E-state index is -0.929. The smallest absolute Gasteiger partial charge is 0.323 e. The van der Waals surface area contributed by atoms with E-state index in [1.807, 2.05) is 38.1 Å². The highest BCUT2D eigenvalue weighted by Gasteiger charge is 2.52. The molecule has 2 saturated heterocycles. The van der Waals surface area contributed by atoms with Gasteiger partial charge in [-0.15, -0.1) is 0 Å². The van der Waals surface area contributed by atoms with Crippen molar-refractivity contribution in [3.05, 3.63) is 71.3 Å². The number of aromatic nitrogens is 2. The number of benzene rings is 2. The van der Waals surface area contributed by atoms with Crippen molar-refractivity contribution in [2.24, 2.45) is 5.92 Å². The predicted octanol–water partition coefficient (Wildman–Crippen LogP) is 3.80. The second-order valence-electron chi connectivity index (χ2n) is 9.45. The molecule has 2 fully saturated rings. The number of carbonyl (C=O) groups excluding carboxylic acids is 2. The Bertz CT molecular complexity index is 1240. The van der Waals surface area contributed by atoms with E-state index in [4.69, 9.17) is 4.98 Å². The van der Waals surface area contributed by atoms with Crippen LogP contribution in [0.4, 0.5) is 9.18 Å². The zero-order chi connectivity index (χ0) is 23.9. The fraction of sp³-hybridized carbons (Fsp3) is 0.385. The van der Waals surface area contributed by atoms with Crippen molar-refractivity contribution in [1.29, 1.82) is 0 Å². The molecule has 2 aliphatic rings. The molecule has 0 bridgehead atoms. The third kappa shape index (κ3) is 4.14. The van der Waals surface area contributed by atoms with Gasteiger partial charge in [-0.05, 0) is 75.5 Å². The Kier molecular flexibility index (Phi) is 5.77. The molecule has 1 N–H and O–H groups in total. The normalized spacial score (nSPS) is 21.9. The Balaban J connectivity index is 1.23. The van der Waals surface area contributed by atoms with Gasteiger partial charge in [0.25, 0.3) is 5.91 Å². The van der Waals surface area contributed by atoms with Crippen LogP contribution in [0.25, 0.3) is 11.0 Å². The maximum absolute atomic E-state index is 13.3. The molecule has 0 unspecified atom stereocenters. The summed E-state index contributed by atoms with van der Waals surface area (Å²) in [5.74, 6) is -0.513. The van der Waals surface area contributed by atoms with Crippen LogP contribution >= 0.6 is 0 Å². The number of hydrogen-bond acceptors (Lipinski definition) is 5. The second-order valence-corrected chi connectivity index (χ2v) is 9.45. The molecule has 1 atom stereocenters. The van der Waals surface area contributed by atoms with Gasteiger partial charge in [0.05, 0.1) is 29.0 Å². The molecule has 5 rings (SSSR count). The standard InChI is InChI=1S/C26H28FN5O2/c1-17-23(29-22-6-4-3-5-21(22)28-17)16-31-13-11-19(12-14-31)26(2)24(33)32(25(34)30-26)15-18-7-9-20(27)10-8-18/h3-10,19H,11-16H2,1-2H3,(H,30,34)/t26-/m0/s1. The summed E-state index contributed by atoms with van der Waals surface area (Å²) in [6, 6.07) is 13.4. The first-order valence-electron chi connectivity index (χ1n) is 11.7. The maximum Gasteiger partial charge on any atom is 0.325 e. The number of hydrogen-bond donors (Lipinski definition) is 1. The summed E-state index contributed by atoms with van der Waals surface area (Å²) in [5, 5.41) is 2.95. The molecule has 0 aliphatic carbocycles. The Labute approximate surface area is 198 Å². The number of amides is 3. The van der Waals surface area contributed by atoms with Crippen LogP contribution in [-0.2, 0) is 17.9 Å². The molecule has 0 saturated carbocycles. The Morgan fingerprint density at radius 1 is 1.00 bits per heavy atom. The minimum Gasteiger partial charge on any atom is -0.323 e. The van der Waals surface area contributed by atoms with Gasteiger partial charge >= 0.3 is 6.03 Å². The fourth-order valence-electron chi connectivity index (χ4n) is 5.06. The third-order valence-electron chi connectivity index (χ3n) is 7.18. The number of imide groups is 1. The largest absolute Gasteiger partial charge is 0.325 e. The number of para-hydroxylation sites is 2. The van der Waals surface area contributed by atoms with Crippen LogP contribution in [0.5, 0.6) is 0 Å². The first-order valence-corrected chi connectivity index (χ1v) is 11.7. The van der Waals surface area contributed by atoms with Crippen molar-refractivity contribution in [1.82, 2.24) is 25.1 Å². The van der Waals surface area contributed by atoms with E-state index in [0.29, 0.717) is 6.54 Å². The molecule has 3 heterocycles. The minimum absolute atomic E-state index is 0.0437. The van der Waals surface area contributed by atoms with E-state index in [1.165, 1.54) is 17.0 Å². The lowest BCUT2D eigenvalue weighted by Crippen LogP contribution is -2.53. The van der Waals surface area contributed by atoms with Gasteiger partial charge in [0.1, 0.15) is 11.4 Å². The van der Waals surface area contributed by atoms with Crippen molar-refractivity contribution in [2.45, 2.75) is 45.3 Å². The first-order chi connectivity index (χ1) is 16.3. The molecule has 0 radical (unpaired) electrons. The molecule has 8 heteroatoms. The molecular weight excluding hydrogens is 433 g/mol. The molecule has 0 spiro atoms. The van der Waals surface area contributed by atoms with Gasteiger partial charge in [-0.3, -0.25) is 14.6 Å². The lowest BCUT2D eigenvalue weighted by molar-refractivity contribution is -0.133. The Morgan fingerprint density at radius 2 is 1.65 bits per heavy atom. The van der Waals surface area contributed by atoms with Gasteiger partial charge in [0.15, 0.2) is 0 Å². The highest BCUT2D eigenvalue weighted by Crippen LogP contribution is 2.34. The van der Waals surface area contributed by atoms with E-state index in [0.717, 1.165) is 53.9 Å². The van der Waals surface area contributed by atoms with Gasteiger partial charge < -0.3 is 5.32 Å². The third-order valence-corrected chi connectivity index (χ3v) is 7.18. The van der Waals surface area contributed by atoms with Crippen LogP contribution in [-0.4, -0.2) is 50.3 Å². The zero-order valence-corrected chi connectivity index (χ0v) is 19.4. The highest BCUT2D eigenvalue weighted by atomic mass is 19.1. The average molecular weight is 462 g/mol. The zero-order valence-electron chi connectivity index (χ0n) is 19.4. The summed E-state index contributed by atoms with van der Waals surface area (Å²) >= 11 is 0. The van der Waals surface area contributed by atoms with E-state index in [-0.39, 0.29) is 30.2 Å². The van der Waals surface area contributed by atoms with Gasteiger partial charge in [0.2, 0.25) is 0 Å². The number of rotatable bonds is 5. The lowest BCUT2D eigenvalue weighted by atomic mass is 9.79. The second kappa shape index (κ2) is 8.76. The number of nitrogens with zero attached hydrogens (tertiary/aromatic N) is 4. The number of piperidine rings is 1. The van der Waals surface area contributed by atoms with Crippen LogP contribution in [0.15, 0.2) is 48.5 Å². The Hall–Kier alpha value is -3.39. The summed E-state index contributed by atoms with van der Waals surface area (Å²) in [6.45, 7) is 6.30.